The summed E-state index contributed by atoms with van der Waals surface area (Å²) >= 11 is 0. The van der Waals surface area contributed by atoms with E-state index in [1.807, 2.05) is 31.2 Å². The smallest absolute Gasteiger partial charge is 0.239 e. The second-order valence-corrected chi connectivity index (χ2v) is 4.30. The molecule has 5 nitrogen and oxygen atoms in total. The first-order chi connectivity index (χ1) is 9.08. The van der Waals surface area contributed by atoms with Crippen molar-refractivity contribution >= 4 is 18.3 Å². The summed E-state index contributed by atoms with van der Waals surface area (Å²) in [6.07, 6.45) is 0.641. The highest BCUT2D eigenvalue weighted by molar-refractivity contribution is 5.85. The Labute approximate surface area is 126 Å². The van der Waals surface area contributed by atoms with Crippen molar-refractivity contribution in [3.8, 4) is 11.5 Å². The molecule has 1 atom stereocenters. The lowest BCUT2D eigenvalue weighted by atomic mass is 10.2. The van der Waals surface area contributed by atoms with Crippen molar-refractivity contribution in [2.75, 3.05) is 27.3 Å². The molecule has 0 bridgehead atoms. The molecule has 6 heteroatoms. The fourth-order valence-electron chi connectivity index (χ4n) is 1.54. The number of amides is 1. The van der Waals surface area contributed by atoms with E-state index in [-0.39, 0.29) is 18.3 Å². The molecule has 0 aromatic heterocycles. The molecule has 114 valence electrons. The van der Waals surface area contributed by atoms with Gasteiger partial charge in [-0.05, 0) is 30.7 Å². The molecule has 1 rings (SSSR count). The first-order valence-corrected chi connectivity index (χ1v) is 6.36. The van der Waals surface area contributed by atoms with Gasteiger partial charge >= 0.3 is 0 Å². The van der Waals surface area contributed by atoms with E-state index in [4.69, 9.17) is 15.2 Å². The zero-order valence-electron chi connectivity index (χ0n) is 12.2. The summed E-state index contributed by atoms with van der Waals surface area (Å²) in [5.41, 5.74) is 5.69. The van der Waals surface area contributed by atoms with Crippen LogP contribution in [0, 0.1) is 0 Å². The van der Waals surface area contributed by atoms with Crippen LogP contribution in [0.2, 0.25) is 0 Å². The average molecular weight is 303 g/mol. The van der Waals surface area contributed by atoms with Crippen molar-refractivity contribution in [1.29, 1.82) is 0 Å². The minimum atomic E-state index is -0.425. The molecule has 1 amide bonds. The Hall–Kier alpha value is -1.46. The number of halogens is 1. The lowest BCUT2D eigenvalue weighted by Crippen LogP contribution is -2.42. The maximum absolute atomic E-state index is 11.7. The van der Waals surface area contributed by atoms with Crippen LogP contribution in [0.3, 0.4) is 0 Å². The van der Waals surface area contributed by atoms with E-state index in [1.165, 1.54) is 0 Å². The number of nitrogens with two attached hydrogens (primary N) is 1. The van der Waals surface area contributed by atoms with Gasteiger partial charge in [0.2, 0.25) is 5.91 Å². The molecule has 0 saturated heterocycles. The van der Waals surface area contributed by atoms with Crippen LogP contribution in [0.5, 0.6) is 11.5 Å². The summed E-state index contributed by atoms with van der Waals surface area (Å²) in [4.78, 5) is 13.3. The van der Waals surface area contributed by atoms with E-state index in [2.05, 4.69) is 0 Å². The number of carbonyl (C=O) groups excluding carboxylic acids is 1. The molecule has 0 fully saturated rings. The van der Waals surface area contributed by atoms with Crippen molar-refractivity contribution in [3.63, 3.8) is 0 Å². The number of likely N-dealkylation sites (N-methyl/N-ethyl adjacent to an activating group) is 1. The van der Waals surface area contributed by atoms with Crippen molar-refractivity contribution in [2.24, 2.45) is 5.73 Å². The zero-order valence-corrected chi connectivity index (χ0v) is 13.0. The molecule has 1 aromatic rings. The van der Waals surface area contributed by atoms with E-state index >= 15 is 0 Å². The van der Waals surface area contributed by atoms with Gasteiger partial charge in [-0.2, -0.15) is 0 Å². The third kappa shape index (κ3) is 5.67. The molecule has 20 heavy (non-hydrogen) atoms. The summed E-state index contributed by atoms with van der Waals surface area (Å²) in [6.45, 7) is 2.84. The van der Waals surface area contributed by atoms with Gasteiger partial charge in [0, 0.05) is 7.05 Å². The second kappa shape index (κ2) is 9.44. The molecule has 0 aliphatic heterocycles. The third-order valence-electron chi connectivity index (χ3n) is 2.89. The standard InChI is InChI=1S/C14H22N2O3.ClH/c1-4-13(15)14(17)16(2)9-10-19-12-7-5-11(18-3)6-8-12;/h5-8,13H,4,9-10,15H2,1-3H3;1H/t13-;/m0./s1. The Kier molecular flexibility index (Phi) is 8.76. The first-order valence-electron chi connectivity index (χ1n) is 6.36. The number of carbonyl (C=O) groups is 1. The van der Waals surface area contributed by atoms with Gasteiger partial charge in [0.15, 0.2) is 0 Å². The number of rotatable bonds is 7. The first kappa shape index (κ1) is 18.5. The lowest BCUT2D eigenvalue weighted by Gasteiger charge is -2.20. The van der Waals surface area contributed by atoms with Gasteiger partial charge in [0.05, 0.1) is 19.7 Å². The molecule has 0 heterocycles. The largest absolute Gasteiger partial charge is 0.497 e. The van der Waals surface area contributed by atoms with Crippen LogP contribution < -0.4 is 15.2 Å². The monoisotopic (exact) mass is 302 g/mol. The molecule has 0 unspecified atom stereocenters. The summed E-state index contributed by atoms with van der Waals surface area (Å²) in [5, 5.41) is 0. The van der Waals surface area contributed by atoms with Crippen LogP contribution in [-0.2, 0) is 4.79 Å². The Morgan fingerprint density at radius 1 is 1.30 bits per heavy atom. The fraction of sp³-hybridized carbons (Fsp3) is 0.500. The molecule has 0 spiro atoms. The van der Waals surface area contributed by atoms with Gasteiger partial charge in [-0.25, -0.2) is 0 Å². The van der Waals surface area contributed by atoms with Gasteiger partial charge in [-0.1, -0.05) is 6.92 Å². The summed E-state index contributed by atoms with van der Waals surface area (Å²) in [6, 6.07) is 6.90. The van der Waals surface area contributed by atoms with Crippen molar-refractivity contribution in [2.45, 2.75) is 19.4 Å². The van der Waals surface area contributed by atoms with Crippen LogP contribution in [0.4, 0.5) is 0 Å². The maximum atomic E-state index is 11.7. The second-order valence-electron chi connectivity index (χ2n) is 4.30. The van der Waals surface area contributed by atoms with Crippen molar-refractivity contribution < 1.29 is 14.3 Å². The van der Waals surface area contributed by atoms with Gasteiger partial charge in [-0.15, -0.1) is 12.4 Å². The minimum absolute atomic E-state index is 0. The summed E-state index contributed by atoms with van der Waals surface area (Å²) < 4.78 is 10.6. The molecule has 2 N–H and O–H groups in total. The van der Waals surface area contributed by atoms with E-state index in [1.54, 1.807) is 19.1 Å². The minimum Gasteiger partial charge on any atom is -0.497 e. The highest BCUT2D eigenvalue weighted by Crippen LogP contribution is 2.16. The van der Waals surface area contributed by atoms with Crippen LogP contribution in [0.25, 0.3) is 0 Å². The Balaban J connectivity index is 0.00000361. The van der Waals surface area contributed by atoms with Crippen molar-refractivity contribution in [3.05, 3.63) is 24.3 Å². The molecule has 0 aliphatic rings. The van der Waals surface area contributed by atoms with Gasteiger partial charge in [-0.3, -0.25) is 4.79 Å². The van der Waals surface area contributed by atoms with Crippen LogP contribution in [0.1, 0.15) is 13.3 Å². The molecule has 0 aliphatic carbocycles. The molecular formula is C14H23ClN2O3. The highest BCUT2D eigenvalue weighted by atomic mass is 35.5. The number of nitrogens with zero attached hydrogens (tertiary/aromatic N) is 1. The lowest BCUT2D eigenvalue weighted by molar-refractivity contribution is -0.131. The van der Waals surface area contributed by atoms with Gasteiger partial charge in [0.25, 0.3) is 0 Å². The topological polar surface area (TPSA) is 64.8 Å². The summed E-state index contributed by atoms with van der Waals surface area (Å²) in [7, 11) is 3.35. The quantitative estimate of drug-likeness (QED) is 0.832. The Morgan fingerprint density at radius 2 is 1.85 bits per heavy atom. The van der Waals surface area contributed by atoms with Crippen LogP contribution >= 0.6 is 12.4 Å². The predicted molar refractivity (Wildman–Crippen MR) is 81.6 cm³/mol. The SMILES string of the molecule is CC[C@H](N)C(=O)N(C)CCOc1ccc(OC)cc1.Cl. The number of hydrogen-bond acceptors (Lipinski definition) is 4. The normalized spacial score (nSPS) is 11.2. The van der Waals surface area contributed by atoms with E-state index in [9.17, 15) is 4.79 Å². The van der Waals surface area contributed by atoms with Crippen LogP contribution in [-0.4, -0.2) is 44.2 Å². The average Bonchev–Trinajstić information content (AvgIpc) is 2.46. The Morgan fingerprint density at radius 3 is 2.35 bits per heavy atom. The van der Waals surface area contributed by atoms with Crippen molar-refractivity contribution in [1.82, 2.24) is 4.90 Å². The molecule has 1 aromatic carbocycles. The number of benzene rings is 1. The highest BCUT2D eigenvalue weighted by Gasteiger charge is 2.15. The van der Waals surface area contributed by atoms with E-state index < -0.39 is 6.04 Å². The predicted octanol–water partition coefficient (Wildman–Crippen LogP) is 1.69. The van der Waals surface area contributed by atoms with Gasteiger partial charge in [0.1, 0.15) is 18.1 Å². The molecule has 0 radical (unpaired) electrons. The fourth-order valence-corrected chi connectivity index (χ4v) is 1.54. The van der Waals surface area contributed by atoms with E-state index in [0.717, 1.165) is 11.5 Å². The molecule has 0 saturated carbocycles. The number of hydrogen-bond donors (Lipinski definition) is 1. The van der Waals surface area contributed by atoms with Crippen LogP contribution in [0.15, 0.2) is 24.3 Å². The van der Waals surface area contributed by atoms with E-state index in [0.29, 0.717) is 19.6 Å². The van der Waals surface area contributed by atoms with Gasteiger partial charge < -0.3 is 20.1 Å². The zero-order chi connectivity index (χ0) is 14.3. The number of ether oxygens (including phenoxy) is 2. The Bertz CT molecular complexity index is 398. The summed E-state index contributed by atoms with van der Waals surface area (Å²) in [5.74, 6) is 1.48. The third-order valence-corrected chi connectivity index (χ3v) is 2.89. The maximum Gasteiger partial charge on any atom is 0.239 e. The molecular weight excluding hydrogens is 280 g/mol. The number of methoxy groups -OCH3 is 1.